The second-order valence-corrected chi connectivity index (χ2v) is 4.90. The molecule has 3 aromatic rings. The van der Waals surface area contributed by atoms with Gasteiger partial charge in [-0.25, -0.2) is 0 Å². The lowest BCUT2D eigenvalue weighted by atomic mass is 10.0. The van der Waals surface area contributed by atoms with Crippen LogP contribution in [0.4, 0.5) is 5.69 Å². The minimum Gasteiger partial charge on any atom is -0.388 e. The summed E-state index contributed by atoms with van der Waals surface area (Å²) in [5.74, 6) is 0. The number of aromatic nitrogens is 1. The molecule has 0 bridgehead atoms. The summed E-state index contributed by atoms with van der Waals surface area (Å²) in [5, 5.41) is 4.52. The maximum absolute atomic E-state index is 3.46. The molecule has 3 rings (SSSR count). The van der Waals surface area contributed by atoms with Gasteiger partial charge in [-0.2, -0.15) is 0 Å². The first-order valence-corrected chi connectivity index (χ1v) is 6.61. The molecule has 96 valence electrons. The number of H-pyrrole nitrogens is 1. The van der Waals surface area contributed by atoms with Gasteiger partial charge in [-0.05, 0) is 42.7 Å². The molecule has 0 unspecified atom stereocenters. The highest BCUT2D eigenvalue weighted by Gasteiger charge is 2.08. The second-order valence-electron chi connectivity index (χ2n) is 4.90. The third-order valence-electron chi connectivity index (χ3n) is 3.62. The molecule has 0 radical (unpaired) electrons. The first kappa shape index (κ1) is 11.8. The van der Waals surface area contributed by atoms with Crippen molar-refractivity contribution in [3.8, 4) is 0 Å². The Hall–Kier alpha value is -2.22. The lowest BCUT2D eigenvalue weighted by Gasteiger charge is -2.05. The van der Waals surface area contributed by atoms with Crippen molar-refractivity contribution in [1.29, 1.82) is 0 Å². The summed E-state index contributed by atoms with van der Waals surface area (Å²) in [4.78, 5) is 3.46. The predicted molar refractivity (Wildman–Crippen MR) is 81.8 cm³/mol. The van der Waals surface area contributed by atoms with Gasteiger partial charge in [0.1, 0.15) is 0 Å². The van der Waals surface area contributed by atoms with Gasteiger partial charge in [0.25, 0.3) is 0 Å². The van der Waals surface area contributed by atoms with Crippen molar-refractivity contribution >= 4 is 16.6 Å². The third-order valence-corrected chi connectivity index (χ3v) is 3.62. The van der Waals surface area contributed by atoms with E-state index in [0.29, 0.717) is 0 Å². The van der Waals surface area contributed by atoms with Gasteiger partial charge in [0, 0.05) is 29.3 Å². The Balaban J connectivity index is 2.02. The van der Waals surface area contributed by atoms with Crippen molar-refractivity contribution in [3.63, 3.8) is 0 Å². The van der Waals surface area contributed by atoms with Crippen LogP contribution in [0.25, 0.3) is 10.9 Å². The number of aryl methyl sites for hydroxylation is 1. The maximum Gasteiger partial charge on any atom is 0.0458 e. The SMILES string of the molecule is CNc1cccc(Cc2c(C)[nH]c3ccccc23)c1. The number of hydrogen-bond acceptors (Lipinski definition) is 1. The summed E-state index contributed by atoms with van der Waals surface area (Å²) < 4.78 is 0. The first-order valence-electron chi connectivity index (χ1n) is 6.61. The molecule has 2 N–H and O–H groups in total. The van der Waals surface area contributed by atoms with Crippen LogP contribution in [0, 0.1) is 6.92 Å². The van der Waals surface area contributed by atoms with E-state index < -0.39 is 0 Å². The highest BCUT2D eigenvalue weighted by molar-refractivity contribution is 5.84. The largest absolute Gasteiger partial charge is 0.388 e. The number of benzene rings is 2. The number of aromatic amines is 1. The van der Waals surface area contributed by atoms with Crippen LogP contribution in [-0.2, 0) is 6.42 Å². The summed E-state index contributed by atoms with van der Waals surface area (Å²) in [5.41, 5.74) is 6.37. The Morgan fingerprint density at radius 1 is 1.05 bits per heavy atom. The summed E-state index contributed by atoms with van der Waals surface area (Å²) in [6, 6.07) is 17.1. The summed E-state index contributed by atoms with van der Waals surface area (Å²) >= 11 is 0. The molecular weight excluding hydrogens is 232 g/mol. The Kier molecular flexibility index (Phi) is 3.00. The molecule has 2 nitrogen and oxygen atoms in total. The van der Waals surface area contributed by atoms with E-state index in [9.17, 15) is 0 Å². The van der Waals surface area contributed by atoms with Gasteiger partial charge in [0.15, 0.2) is 0 Å². The van der Waals surface area contributed by atoms with E-state index in [2.05, 4.69) is 65.8 Å². The van der Waals surface area contributed by atoms with Gasteiger partial charge >= 0.3 is 0 Å². The molecule has 0 atom stereocenters. The number of rotatable bonds is 3. The van der Waals surface area contributed by atoms with Crippen molar-refractivity contribution in [2.75, 3.05) is 12.4 Å². The van der Waals surface area contributed by atoms with Gasteiger partial charge in [-0.1, -0.05) is 30.3 Å². The van der Waals surface area contributed by atoms with E-state index in [1.54, 1.807) is 0 Å². The zero-order valence-electron chi connectivity index (χ0n) is 11.3. The number of fused-ring (bicyclic) bond motifs is 1. The van der Waals surface area contributed by atoms with E-state index >= 15 is 0 Å². The number of anilines is 1. The van der Waals surface area contributed by atoms with Gasteiger partial charge in [0.2, 0.25) is 0 Å². The highest BCUT2D eigenvalue weighted by Crippen LogP contribution is 2.25. The van der Waals surface area contributed by atoms with E-state index in [-0.39, 0.29) is 0 Å². The zero-order valence-corrected chi connectivity index (χ0v) is 11.3. The van der Waals surface area contributed by atoms with Crippen molar-refractivity contribution in [2.45, 2.75) is 13.3 Å². The molecule has 2 aromatic carbocycles. The minimum absolute atomic E-state index is 0.964. The molecule has 0 saturated heterocycles. The molecule has 1 aromatic heterocycles. The molecule has 19 heavy (non-hydrogen) atoms. The fraction of sp³-hybridized carbons (Fsp3) is 0.176. The van der Waals surface area contributed by atoms with Crippen LogP contribution in [0.5, 0.6) is 0 Å². The Morgan fingerprint density at radius 3 is 2.74 bits per heavy atom. The molecule has 1 heterocycles. The minimum atomic E-state index is 0.964. The van der Waals surface area contributed by atoms with E-state index in [4.69, 9.17) is 0 Å². The lowest BCUT2D eigenvalue weighted by molar-refractivity contribution is 1.15. The number of para-hydroxylation sites is 1. The zero-order chi connectivity index (χ0) is 13.2. The first-order chi connectivity index (χ1) is 9.28. The maximum atomic E-state index is 3.46. The molecule has 0 amide bonds. The van der Waals surface area contributed by atoms with Crippen LogP contribution in [0.2, 0.25) is 0 Å². The van der Waals surface area contributed by atoms with Crippen LogP contribution < -0.4 is 5.32 Å². The molecule has 0 fully saturated rings. The fourth-order valence-corrected chi connectivity index (χ4v) is 2.60. The average molecular weight is 250 g/mol. The van der Waals surface area contributed by atoms with E-state index in [0.717, 1.165) is 12.1 Å². The van der Waals surface area contributed by atoms with Crippen LogP contribution >= 0.6 is 0 Å². The summed E-state index contributed by atoms with van der Waals surface area (Å²) in [6.07, 6.45) is 0.964. The van der Waals surface area contributed by atoms with E-state index in [1.165, 1.54) is 27.7 Å². The lowest BCUT2D eigenvalue weighted by Crippen LogP contribution is -1.93. The number of nitrogens with one attached hydrogen (secondary N) is 2. The molecule has 0 aliphatic heterocycles. The van der Waals surface area contributed by atoms with Gasteiger partial charge in [-0.15, -0.1) is 0 Å². The van der Waals surface area contributed by atoms with Gasteiger partial charge < -0.3 is 10.3 Å². The highest BCUT2D eigenvalue weighted by atomic mass is 14.8. The molecule has 0 spiro atoms. The fourth-order valence-electron chi connectivity index (χ4n) is 2.60. The van der Waals surface area contributed by atoms with Crippen LogP contribution in [0.3, 0.4) is 0 Å². The number of hydrogen-bond donors (Lipinski definition) is 2. The van der Waals surface area contributed by atoms with Crippen molar-refractivity contribution in [2.24, 2.45) is 0 Å². The Bertz CT molecular complexity index is 710. The predicted octanol–water partition coefficient (Wildman–Crippen LogP) is 4.11. The van der Waals surface area contributed by atoms with Gasteiger partial charge in [0.05, 0.1) is 0 Å². The standard InChI is InChI=1S/C17H18N2/c1-12-16(15-8-3-4-9-17(15)19-12)11-13-6-5-7-14(10-13)18-2/h3-10,18-19H,11H2,1-2H3. The average Bonchev–Trinajstić information content (AvgIpc) is 2.76. The van der Waals surface area contributed by atoms with Crippen LogP contribution in [0.15, 0.2) is 48.5 Å². The Morgan fingerprint density at radius 2 is 1.89 bits per heavy atom. The molecule has 0 aliphatic rings. The molecule has 0 saturated carbocycles. The van der Waals surface area contributed by atoms with E-state index in [1.807, 2.05) is 7.05 Å². The van der Waals surface area contributed by atoms with Crippen molar-refractivity contribution in [1.82, 2.24) is 4.98 Å². The molecular formula is C17H18N2. The summed E-state index contributed by atoms with van der Waals surface area (Å²) in [7, 11) is 1.95. The quantitative estimate of drug-likeness (QED) is 0.719. The smallest absolute Gasteiger partial charge is 0.0458 e. The normalized spacial score (nSPS) is 10.8. The summed E-state index contributed by atoms with van der Waals surface area (Å²) in [6.45, 7) is 2.15. The third kappa shape index (κ3) is 2.22. The molecule has 0 aliphatic carbocycles. The van der Waals surface area contributed by atoms with Crippen molar-refractivity contribution < 1.29 is 0 Å². The second kappa shape index (κ2) is 4.81. The topological polar surface area (TPSA) is 27.8 Å². The monoisotopic (exact) mass is 250 g/mol. The molecule has 2 heteroatoms. The van der Waals surface area contributed by atoms with Crippen LogP contribution in [0.1, 0.15) is 16.8 Å². The van der Waals surface area contributed by atoms with Gasteiger partial charge in [-0.3, -0.25) is 0 Å². The van der Waals surface area contributed by atoms with Crippen molar-refractivity contribution in [3.05, 3.63) is 65.4 Å². The Labute approximate surface area is 113 Å². The van der Waals surface area contributed by atoms with Crippen LogP contribution in [-0.4, -0.2) is 12.0 Å².